The first-order valence-electron chi connectivity index (χ1n) is 9.79. The Morgan fingerprint density at radius 2 is 1.18 bits per heavy atom. The van der Waals surface area contributed by atoms with Crippen molar-refractivity contribution < 1.29 is 44.3 Å². The van der Waals surface area contributed by atoms with Gasteiger partial charge in [0.2, 0.25) is 0 Å². The summed E-state index contributed by atoms with van der Waals surface area (Å²) in [4.78, 5) is 41.5. The monoisotopic (exact) mass is 470 g/mol. The van der Waals surface area contributed by atoms with Crippen molar-refractivity contribution in [2.45, 2.75) is 13.3 Å². The number of benzene rings is 2. The Morgan fingerprint density at radius 1 is 0.765 bits per heavy atom. The molecule has 2 aromatic rings. The standard InChI is InChI=1S/C13H10O.C6H6O5.C6H10O3/c14-13(11-7-3-1-4-8-11)12-9-5-2-6-10-12;7-5(8)1-3-11-4-2-6(9)10;1-5(6(8)9)3-2-4-7/h1-10H;1-4H,(H,7,8)(H,9,10);3,7H,2,4H2,1H3,(H,8,9). The second-order valence-corrected chi connectivity index (χ2v) is 6.18. The van der Waals surface area contributed by atoms with Crippen molar-refractivity contribution in [3.05, 3.63) is 108 Å². The van der Waals surface area contributed by atoms with Crippen molar-refractivity contribution in [1.82, 2.24) is 0 Å². The SMILES string of the molecule is CC(=CCCO)C(=O)O.O=C(O)C=COC=CC(=O)O.O=C(c1ccccc1)c1ccccc1. The fourth-order valence-electron chi connectivity index (χ4n) is 1.95. The van der Waals surface area contributed by atoms with Crippen LogP contribution >= 0.6 is 0 Å². The van der Waals surface area contributed by atoms with E-state index in [-0.39, 0.29) is 18.0 Å². The summed E-state index contributed by atoms with van der Waals surface area (Å²) in [6.07, 6.45) is 5.11. The van der Waals surface area contributed by atoms with Crippen molar-refractivity contribution in [3.63, 3.8) is 0 Å². The average Bonchev–Trinajstić information content (AvgIpc) is 2.83. The molecule has 9 heteroatoms. The Labute approximate surface area is 196 Å². The number of aliphatic carboxylic acids is 3. The second kappa shape index (κ2) is 18.1. The minimum absolute atomic E-state index is 0.00458. The van der Waals surface area contributed by atoms with Crippen LogP contribution in [0.4, 0.5) is 0 Å². The first-order chi connectivity index (χ1) is 16.2. The number of carboxylic acids is 3. The number of carboxylic acid groups (broad SMARTS) is 3. The van der Waals surface area contributed by atoms with Crippen LogP contribution in [0.1, 0.15) is 29.3 Å². The highest BCUT2D eigenvalue weighted by Gasteiger charge is 2.06. The summed E-state index contributed by atoms with van der Waals surface area (Å²) in [7, 11) is 0. The predicted molar refractivity (Wildman–Crippen MR) is 124 cm³/mol. The van der Waals surface area contributed by atoms with Gasteiger partial charge in [0.25, 0.3) is 0 Å². The fraction of sp³-hybridized carbons (Fsp3) is 0.120. The van der Waals surface area contributed by atoms with Gasteiger partial charge in [-0.25, -0.2) is 14.4 Å². The van der Waals surface area contributed by atoms with Crippen LogP contribution in [0.2, 0.25) is 0 Å². The highest BCUT2D eigenvalue weighted by molar-refractivity contribution is 6.08. The van der Waals surface area contributed by atoms with Crippen LogP contribution in [-0.4, -0.2) is 50.7 Å². The Morgan fingerprint density at radius 3 is 1.50 bits per heavy atom. The Kier molecular flexibility index (Phi) is 15.7. The summed E-state index contributed by atoms with van der Waals surface area (Å²) in [5, 5.41) is 32.5. The average molecular weight is 470 g/mol. The molecule has 0 amide bonds. The number of ketones is 1. The molecule has 0 atom stereocenters. The zero-order chi connectivity index (χ0) is 25.8. The molecule has 0 saturated carbocycles. The smallest absolute Gasteiger partial charge is 0.331 e. The zero-order valence-corrected chi connectivity index (χ0v) is 18.4. The molecule has 0 aliphatic rings. The maximum absolute atomic E-state index is 11.8. The lowest BCUT2D eigenvalue weighted by Crippen LogP contribution is -1.99. The van der Waals surface area contributed by atoms with E-state index in [9.17, 15) is 19.2 Å². The zero-order valence-electron chi connectivity index (χ0n) is 18.4. The number of carbonyl (C=O) groups is 4. The number of carbonyl (C=O) groups excluding carboxylic acids is 1. The van der Waals surface area contributed by atoms with Crippen LogP contribution in [-0.2, 0) is 19.1 Å². The second-order valence-electron chi connectivity index (χ2n) is 6.18. The van der Waals surface area contributed by atoms with Crippen LogP contribution < -0.4 is 0 Å². The minimum atomic E-state index is -1.16. The topological polar surface area (TPSA) is 158 Å². The predicted octanol–water partition coefficient (Wildman–Crippen LogP) is 3.52. The maximum atomic E-state index is 11.8. The summed E-state index contributed by atoms with van der Waals surface area (Å²) >= 11 is 0. The third-order valence-electron chi connectivity index (χ3n) is 3.57. The van der Waals surface area contributed by atoms with Crippen LogP contribution in [0, 0.1) is 0 Å². The molecule has 0 bridgehead atoms. The van der Waals surface area contributed by atoms with Crippen LogP contribution in [0.5, 0.6) is 0 Å². The molecule has 0 spiro atoms. The lowest BCUT2D eigenvalue weighted by Gasteiger charge is -1.99. The van der Waals surface area contributed by atoms with Gasteiger partial charge in [-0.15, -0.1) is 0 Å². The van der Waals surface area contributed by atoms with E-state index in [0.29, 0.717) is 6.42 Å². The Bertz CT molecular complexity index is 928. The van der Waals surface area contributed by atoms with Gasteiger partial charge in [0.15, 0.2) is 5.78 Å². The summed E-state index contributed by atoms with van der Waals surface area (Å²) in [5.41, 5.74) is 1.75. The van der Waals surface area contributed by atoms with E-state index in [4.69, 9.17) is 20.4 Å². The van der Waals surface area contributed by atoms with Gasteiger partial charge in [-0.3, -0.25) is 4.79 Å². The van der Waals surface area contributed by atoms with Gasteiger partial charge in [0.05, 0.1) is 24.7 Å². The van der Waals surface area contributed by atoms with E-state index < -0.39 is 17.9 Å². The van der Waals surface area contributed by atoms with E-state index in [1.807, 2.05) is 60.7 Å². The highest BCUT2D eigenvalue weighted by Crippen LogP contribution is 2.08. The molecule has 9 nitrogen and oxygen atoms in total. The fourth-order valence-corrected chi connectivity index (χ4v) is 1.95. The third-order valence-corrected chi connectivity index (χ3v) is 3.57. The number of hydrogen-bond donors (Lipinski definition) is 4. The van der Waals surface area contributed by atoms with Crippen LogP contribution in [0.15, 0.2) is 97.0 Å². The molecule has 4 N–H and O–H groups in total. The minimum Gasteiger partial charge on any atom is -0.478 e. The first-order valence-corrected chi connectivity index (χ1v) is 9.79. The first kappa shape index (κ1) is 29.5. The molecule has 0 aliphatic heterocycles. The summed E-state index contributed by atoms with van der Waals surface area (Å²) in [5.74, 6) is -3.17. The van der Waals surface area contributed by atoms with Gasteiger partial charge < -0.3 is 25.2 Å². The lowest BCUT2D eigenvalue weighted by molar-refractivity contribution is -0.133. The van der Waals surface area contributed by atoms with Crippen molar-refractivity contribution >= 4 is 23.7 Å². The molecule has 0 unspecified atom stereocenters. The molecule has 0 radical (unpaired) electrons. The maximum Gasteiger partial charge on any atom is 0.331 e. The normalized spacial score (nSPS) is 10.5. The molecular formula is C25H26O9. The summed E-state index contributed by atoms with van der Waals surface area (Å²) in [6, 6.07) is 18.6. The van der Waals surface area contributed by atoms with E-state index in [1.54, 1.807) is 0 Å². The molecule has 0 saturated heterocycles. The number of aliphatic hydroxyl groups is 1. The Balaban J connectivity index is 0.000000497. The summed E-state index contributed by atoms with van der Waals surface area (Å²) in [6.45, 7) is 1.50. The van der Waals surface area contributed by atoms with Gasteiger partial charge in [0, 0.05) is 23.3 Å². The van der Waals surface area contributed by atoms with Crippen LogP contribution in [0.25, 0.3) is 0 Å². The number of ether oxygens (including phenoxy) is 1. The molecular weight excluding hydrogens is 444 g/mol. The molecule has 2 rings (SSSR count). The third kappa shape index (κ3) is 15.3. The molecule has 0 heterocycles. The van der Waals surface area contributed by atoms with Gasteiger partial charge in [0.1, 0.15) is 0 Å². The number of aliphatic hydroxyl groups excluding tert-OH is 1. The van der Waals surface area contributed by atoms with Crippen molar-refractivity contribution in [1.29, 1.82) is 0 Å². The van der Waals surface area contributed by atoms with E-state index in [1.165, 1.54) is 13.0 Å². The van der Waals surface area contributed by atoms with Gasteiger partial charge in [-0.1, -0.05) is 66.7 Å². The largest absolute Gasteiger partial charge is 0.478 e. The highest BCUT2D eigenvalue weighted by atomic mass is 16.5. The quantitative estimate of drug-likeness (QED) is 0.244. The van der Waals surface area contributed by atoms with Gasteiger partial charge >= 0.3 is 17.9 Å². The van der Waals surface area contributed by atoms with E-state index in [2.05, 4.69) is 4.74 Å². The molecule has 0 aromatic heterocycles. The van der Waals surface area contributed by atoms with E-state index in [0.717, 1.165) is 35.8 Å². The molecule has 2 aromatic carbocycles. The van der Waals surface area contributed by atoms with Crippen molar-refractivity contribution in [2.24, 2.45) is 0 Å². The summed E-state index contributed by atoms with van der Waals surface area (Å²) < 4.78 is 4.33. The van der Waals surface area contributed by atoms with Crippen molar-refractivity contribution in [3.8, 4) is 0 Å². The van der Waals surface area contributed by atoms with E-state index >= 15 is 0 Å². The lowest BCUT2D eigenvalue weighted by atomic mass is 10.0. The number of hydrogen-bond acceptors (Lipinski definition) is 6. The Hall–Kier alpha value is -4.50. The molecule has 180 valence electrons. The van der Waals surface area contributed by atoms with Crippen molar-refractivity contribution in [2.75, 3.05) is 6.61 Å². The molecule has 0 aliphatic carbocycles. The van der Waals surface area contributed by atoms with Gasteiger partial charge in [-0.05, 0) is 13.3 Å². The van der Waals surface area contributed by atoms with Crippen LogP contribution in [0.3, 0.4) is 0 Å². The number of rotatable bonds is 9. The molecule has 34 heavy (non-hydrogen) atoms. The molecule has 0 fully saturated rings. The van der Waals surface area contributed by atoms with Gasteiger partial charge in [-0.2, -0.15) is 0 Å².